The zero-order valence-corrected chi connectivity index (χ0v) is 15.9. The lowest BCUT2D eigenvalue weighted by Gasteiger charge is -2.06. The van der Waals surface area contributed by atoms with Gasteiger partial charge in [-0.2, -0.15) is 0 Å². The van der Waals surface area contributed by atoms with E-state index in [0.29, 0.717) is 12.3 Å². The van der Waals surface area contributed by atoms with Gasteiger partial charge in [-0.25, -0.2) is 0 Å². The summed E-state index contributed by atoms with van der Waals surface area (Å²) < 4.78 is 3.15. The molecule has 4 nitrogen and oxygen atoms in total. The third-order valence-electron chi connectivity index (χ3n) is 3.95. The van der Waals surface area contributed by atoms with Gasteiger partial charge in [-0.05, 0) is 31.4 Å². The summed E-state index contributed by atoms with van der Waals surface area (Å²) in [5, 5.41) is 9.60. The second-order valence-corrected chi connectivity index (χ2v) is 7.87. The molecule has 1 aliphatic rings. The average Bonchev–Trinajstić information content (AvgIpc) is 3.35. The predicted molar refractivity (Wildman–Crippen MR) is 101 cm³/mol. The molecule has 0 saturated heterocycles. The number of halogens is 1. The third kappa shape index (κ3) is 4.36. The minimum atomic E-state index is 0.189. The molecule has 1 aliphatic carbocycles. The molecule has 0 aliphatic heterocycles. The molecule has 6 heteroatoms. The van der Waals surface area contributed by atoms with E-state index >= 15 is 0 Å². The number of allylic oxidation sites excluding steroid dienone is 1. The fraction of sp³-hybridized carbons (Fsp3) is 0.389. The van der Waals surface area contributed by atoms with E-state index in [-0.39, 0.29) is 5.78 Å². The molecule has 0 atom stereocenters. The van der Waals surface area contributed by atoms with Gasteiger partial charge in [-0.1, -0.05) is 45.9 Å². The molecule has 0 bridgehead atoms. The summed E-state index contributed by atoms with van der Waals surface area (Å²) in [6.07, 6.45) is 5.69. The Labute approximate surface area is 154 Å². The quantitative estimate of drug-likeness (QED) is 0.258. The maximum absolute atomic E-state index is 12.2. The Morgan fingerprint density at radius 1 is 1.33 bits per heavy atom. The van der Waals surface area contributed by atoms with Crippen LogP contribution in [0.3, 0.4) is 0 Å². The van der Waals surface area contributed by atoms with Gasteiger partial charge in [0, 0.05) is 34.7 Å². The van der Waals surface area contributed by atoms with E-state index in [1.165, 1.54) is 12.8 Å². The monoisotopic (exact) mass is 405 g/mol. The molecule has 0 unspecified atom stereocenters. The van der Waals surface area contributed by atoms with Crippen LogP contribution in [0.25, 0.3) is 0 Å². The lowest BCUT2D eigenvalue weighted by Crippen LogP contribution is -2.03. The largest absolute Gasteiger partial charge is 0.302 e. The van der Waals surface area contributed by atoms with E-state index in [0.717, 1.165) is 39.7 Å². The van der Waals surface area contributed by atoms with Crippen molar-refractivity contribution >= 4 is 33.5 Å². The number of thioether (sulfide) groups is 1. The zero-order valence-electron chi connectivity index (χ0n) is 13.4. The van der Waals surface area contributed by atoms with Crippen LogP contribution in [0.1, 0.15) is 47.8 Å². The lowest BCUT2D eigenvalue weighted by atomic mass is 10.1. The number of rotatable bonds is 9. The summed E-state index contributed by atoms with van der Waals surface area (Å²) >= 11 is 5.06. The number of Topliss-reactive ketones (excluding diaryl/α,β-unsaturated/α-hetero) is 1. The molecule has 3 rings (SSSR count). The van der Waals surface area contributed by atoms with Crippen LogP contribution >= 0.6 is 27.7 Å². The van der Waals surface area contributed by atoms with Crippen molar-refractivity contribution in [2.24, 2.45) is 0 Å². The number of hydrogen-bond donors (Lipinski definition) is 0. The Balaban J connectivity index is 1.50. The third-order valence-corrected chi connectivity index (χ3v) is 5.53. The Bertz CT molecular complexity index is 722. The highest BCUT2D eigenvalue weighted by Gasteiger charge is 2.30. The minimum Gasteiger partial charge on any atom is -0.302 e. The van der Waals surface area contributed by atoms with E-state index in [1.54, 1.807) is 11.8 Å². The Hall–Kier alpha value is -1.40. The summed E-state index contributed by atoms with van der Waals surface area (Å²) in [7, 11) is 0. The van der Waals surface area contributed by atoms with E-state index in [9.17, 15) is 4.79 Å². The number of benzene rings is 1. The number of aromatic nitrogens is 3. The Morgan fingerprint density at radius 3 is 2.75 bits per heavy atom. The molecule has 1 saturated carbocycles. The molecule has 126 valence electrons. The van der Waals surface area contributed by atoms with Gasteiger partial charge in [-0.15, -0.1) is 16.8 Å². The standard InChI is InChI=1S/C18H20BrN3OS/c1-2-11-22-17(14-5-6-14)20-21-18(22)24-12-3-4-16(23)13-7-9-15(19)10-8-13/h2,7-10,14H,1,3-6,11-12H2. The molecular formula is C18H20BrN3OS. The maximum Gasteiger partial charge on any atom is 0.191 e. The van der Waals surface area contributed by atoms with Gasteiger partial charge in [0.25, 0.3) is 0 Å². The molecule has 0 spiro atoms. The van der Waals surface area contributed by atoms with Gasteiger partial charge < -0.3 is 4.57 Å². The SMILES string of the molecule is C=CCn1c(SCCCC(=O)c2ccc(Br)cc2)nnc1C1CC1. The van der Waals surface area contributed by atoms with Gasteiger partial charge in [0.15, 0.2) is 10.9 Å². The summed E-state index contributed by atoms with van der Waals surface area (Å²) in [5.41, 5.74) is 0.772. The van der Waals surface area contributed by atoms with Crippen molar-refractivity contribution in [3.63, 3.8) is 0 Å². The molecule has 0 N–H and O–H groups in total. The van der Waals surface area contributed by atoms with E-state index < -0.39 is 0 Å². The van der Waals surface area contributed by atoms with Crippen molar-refractivity contribution in [3.8, 4) is 0 Å². The molecule has 1 fully saturated rings. The number of carbonyl (C=O) groups excluding carboxylic acids is 1. The van der Waals surface area contributed by atoms with Crippen molar-refractivity contribution < 1.29 is 4.79 Å². The second-order valence-electron chi connectivity index (χ2n) is 5.90. The maximum atomic E-state index is 12.2. The van der Waals surface area contributed by atoms with Gasteiger partial charge in [0.1, 0.15) is 5.82 Å². The highest BCUT2D eigenvalue weighted by Crippen LogP contribution is 2.40. The van der Waals surface area contributed by atoms with Gasteiger partial charge in [-0.3, -0.25) is 4.79 Å². The van der Waals surface area contributed by atoms with Crippen LogP contribution in [0, 0.1) is 0 Å². The molecular weight excluding hydrogens is 386 g/mol. The Morgan fingerprint density at radius 2 is 2.08 bits per heavy atom. The average molecular weight is 406 g/mol. The topological polar surface area (TPSA) is 47.8 Å². The predicted octanol–water partition coefficient (Wildman–Crippen LogP) is 4.86. The fourth-order valence-corrected chi connectivity index (χ4v) is 3.69. The van der Waals surface area contributed by atoms with Gasteiger partial charge in [0.05, 0.1) is 0 Å². The van der Waals surface area contributed by atoms with Gasteiger partial charge in [0.2, 0.25) is 0 Å². The van der Waals surface area contributed by atoms with Crippen LogP contribution in [-0.4, -0.2) is 26.3 Å². The minimum absolute atomic E-state index is 0.189. The smallest absolute Gasteiger partial charge is 0.191 e. The number of ketones is 1. The first kappa shape index (κ1) is 17.4. The number of carbonyl (C=O) groups is 1. The molecule has 0 amide bonds. The van der Waals surface area contributed by atoms with Crippen molar-refractivity contribution in [2.45, 2.75) is 43.3 Å². The molecule has 1 aromatic carbocycles. The van der Waals surface area contributed by atoms with E-state index in [4.69, 9.17) is 0 Å². The second kappa shape index (κ2) is 8.12. The highest BCUT2D eigenvalue weighted by molar-refractivity contribution is 9.10. The normalized spacial score (nSPS) is 13.9. The van der Waals surface area contributed by atoms with Crippen LogP contribution in [-0.2, 0) is 6.54 Å². The molecule has 0 radical (unpaired) electrons. The first-order chi connectivity index (χ1) is 11.7. The zero-order chi connectivity index (χ0) is 16.9. The van der Waals surface area contributed by atoms with Crippen LogP contribution < -0.4 is 0 Å². The van der Waals surface area contributed by atoms with Crippen molar-refractivity contribution in [1.29, 1.82) is 0 Å². The van der Waals surface area contributed by atoms with Crippen molar-refractivity contribution in [1.82, 2.24) is 14.8 Å². The summed E-state index contributed by atoms with van der Waals surface area (Å²) in [6.45, 7) is 4.57. The van der Waals surface area contributed by atoms with Crippen molar-refractivity contribution in [3.05, 3.63) is 52.8 Å². The highest BCUT2D eigenvalue weighted by atomic mass is 79.9. The van der Waals surface area contributed by atoms with E-state index in [1.807, 2.05) is 30.3 Å². The molecule has 1 heterocycles. The number of hydrogen-bond acceptors (Lipinski definition) is 4. The summed E-state index contributed by atoms with van der Waals surface area (Å²) in [6, 6.07) is 7.53. The van der Waals surface area contributed by atoms with Crippen LogP contribution in [0.5, 0.6) is 0 Å². The molecule has 2 aromatic rings. The lowest BCUT2D eigenvalue weighted by molar-refractivity contribution is 0.0982. The first-order valence-corrected chi connectivity index (χ1v) is 9.92. The summed E-state index contributed by atoms with van der Waals surface area (Å²) in [4.78, 5) is 12.2. The van der Waals surface area contributed by atoms with Crippen molar-refractivity contribution in [2.75, 3.05) is 5.75 Å². The molecule has 24 heavy (non-hydrogen) atoms. The number of nitrogens with zero attached hydrogens (tertiary/aromatic N) is 3. The molecule has 1 aromatic heterocycles. The van der Waals surface area contributed by atoms with Crippen LogP contribution in [0.2, 0.25) is 0 Å². The fourth-order valence-electron chi connectivity index (χ4n) is 2.53. The van der Waals surface area contributed by atoms with Crippen LogP contribution in [0.4, 0.5) is 0 Å². The summed E-state index contributed by atoms with van der Waals surface area (Å²) in [5.74, 6) is 2.71. The Kier molecular flexibility index (Phi) is 5.89. The van der Waals surface area contributed by atoms with E-state index in [2.05, 4.69) is 37.3 Å². The van der Waals surface area contributed by atoms with Gasteiger partial charge >= 0.3 is 0 Å². The first-order valence-electron chi connectivity index (χ1n) is 8.14. The van der Waals surface area contributed by atoms with Crippen LogP contribution in [0.15, 0.2) is 46.5 Å².